The number of ether oxygens (including phenoxy) is 2. The number of carbonyl (C=O) groups excluding carboxylic acids is 3. The van der Waals surface area contributed by atoms with Crippen LogP contribution in [-0.4, -0.2) is 47.4 Å². The van der Waals surface area contributed by atoms with Gasteiger partial charge in [0.2, 0.25) is 5.91 Å². The number of methoxy groups -OCH3 is 1. The van der Waals surface area contributed by atoms with Gasteiger partial charge in [0.1, 0.15) is 5.60 Å². The first-order valence-electron chi connectivity index (χ1n) is 10.0. The van der Waals surface area contributed by atoms with Crippen LogP contribution in [0.4, 0.5) is 4.79 Å². The lowest BCUT2D eigenvalue weighted by molar-refractivity contribution is -0.152. The van der Waals surface area contributed by atoms with Gasteiger partial charge in [0, 0.05) is 6.92 Å². The van der Waals surface area contributed by atoms with E-state index in [2.05, 4.69) is 10.6 Å². The molecule has 1 aliphatic rings. The van der Waals surface area contributed by atoms with Crippen molar-refractivity contribution in [3.05, 3.63) is 35.9 Å². The normalized spacial score (nSPS) is 22.8. The molecule has 1 aromatic carbocycles. The van der Waals surface area contributed by atoms with Crippen LogP contribution >= 0.6 is 0 Å². The second-order valence-corrected chi connectivity index (χ2v) is 8.83. The summed E-state index contributed by atoms with van der Waals surface area (Å²) in [7, 11) is 1.31. The number of hydrogen-bond donors (Lipinski definition) is 3. The highest BCUT2D eigenvalue weighted by Gasteiger charge is 2.54. The van der Waals surface area contributed by atoms with E-state index in [0.29, 0.717) is 5.56 Å². The zero-order valence-corrected chi connectivity index (χ0v) is 18.2. The number of nitrogens with one attached hydrogen (secondary N) is 2. The molecule has 0 heterocycles. The van der Waals surface area contributed by atoms with Gasteiger partial charge in [0.05, 0.1) is 30.7 Å². The van der Waals surface area contributed by atoms with Gasteiger partial charge in [0.15, 0.2) is 0 Å². The van der Waals surface area contributed by atoms with Crippen LogP contribution in [0, 0.1) is 5.92 Å². The molecule has 1 aromatic rings. The summed E-state index contributed by atoms with van der Waals surface area (Å²) in [6.07, 6.45) is -0.808. The average Bonchev–Trinajstić information content (AvgIpc) is 2.62. The molecule has 1 fully saturated rings. The van der Waals surface area contributed by atoms with Crippen LogP contribution in [0.25, 0.3) is 0 Å². The van der Waals surface area contributed by atoms with Gasteiger partial charge >= 0.3 is 12.1 Å². The molecule has 8 heteroatoms. The Morgan fingerprint density at radius 3 is 2.30 bits per heavy atom. The number of esters is 1. The quantitative estimate of drug-likeness (QED) is 0.584. The third-order valence-electron chi connectivity index (χ3n) is 5.19. The Morgan fingerprint density at radius 2 is 1.80 bits per heavy atom. The van der Waals surface area contributed by atoms with E-state index in [1.807, 2.05) is 18.2 Å². The molecular formula is C22H32N2O6. The molecule has 0 bridgehead atoms. The Labute approximate surface area is 177 Å². The number of benzene rings is 1. The van der Waals surface area contributed by atoms with E-state index in [1.54, 1.807) is 32.9 Å². The monoisotopic (exact) mass is 420 g/mol. The minimum Gasteiger partial charge on any atom is -0.469 e. The van der Waals surface area contributed by atoms with Crippen molar-refractivity contribution in [2.75, 3.05) is 7.11 Å². The summed E-state index contributed by atoms with van der Waals surface area (Å²) in [5, 5.41) is 16.5. The molecule has 1 saturated carbocycles. The molecule has 2 amide bonds. The Balaban J connectivity index is 2.27. The summed E-state index contributed by atoms with van der Waals surface area (Å²) >= 11 is 0. The molecule has 0 aliphatic heterocycles. The molecule has 2 rings (SSSR count). The van der Waals surface area contributed by atoms with Crippen molar-refractivity contribution < 1.29 is 29.0 Å². The lowest BCUT2D eigenvalue weighted by Gasteiger charge is -2.51. The van der Waals surface area contributed by atoms with Crippen molar-refractivity contribution in [2.24, 2.45) is 5.92 Å². The maximum absolute atomic E-state index is 12.5. The first kappa shape index (κ1) is 23.7. The van der Waals surface area contributed by atoms with Crippen LogP contribution in [0.3, 0.4) is 0 Å². The van der Waals surface area contributed by atoms with Gasteiger partial charge in [-0.3, -0.25) is 9.59 Å². The third kappa shape index (κ3) is 6.19. The maximum Gasteiger partial charge on any atom is 0.408 e. The summed E-state index contributed by atoms with van der Waals surface area (Å²) in [5.74, 6) is -1.08. The molecule has 0 spiro atoms. The fourth-order valence-corrected chi connectivity index (χ4v) is 3.84. The number of rotatable bonds is 7. The van der Waals surface area contributed by atoms with Crippen molar-refractivity contribution in [3.63, 3.8) is 0 Å². The maximum atomic E-state index is 12.5. The zero-order valence-electron chi connectivity index (χ0n) is 18.2. The van der Waals surface area contributed by atoms with Gasteiger partial charge in [-0.25, -0.2) is 4.79 Å². The molecule has 30 heavy (non-hydrogen) atoms. The van der Waals surface area contributed by atoms with Gasteiger partial charge in [-0.1, -0.05) is 30.3 Å². The van der Waals surface area contributed by atoms with Gasteiger partial charge in [0.25, 0.3) is 0 Å². The van der Waals surface area contributed by atoms with E-state index in [4.69, 9.17) is 9.47 Å². The average molecular weight is 421 g/mol. The fraction of sp³-hybridized carbons (Fsp3) is 0.591. The minimum absolute atomic E-state index is 0.160. The number of amides is 2. The SMILES string of the molecule is COC(=O)C1CC(NC(=O)OC(C)(C)C)(C(CC(O)c2ccccc2)NC(C)=O)C1. The predicted octanol–water partition coefficient (Wildman–Crippen LogP) is 2.46. The lowest BCUT2D eigenvalue weighted by Crippen LogP contribution is -2.69. The number of aliphatic hydroxyl groups is 1. The van der Waals surface area contributed by atoms with E-state index in [0.717, 1.165) is 0 Å². The van der Waals surface area contributed by atoms with Gasteiger partial charge in [-0.05, 0) is 45.6 Å². The third-order valence-corrected chi connectivity index (χ3v) is 5.19. The predicted molar refractivity (Wildman–Crippen MR) is 110 cm³/mol. The highest BCUT2D eigenvalue weighted by atomic mass is 16.6. The number of carbonyl (C=O) groups is 3. The summed E-state index contributed by atoms with van der Waals surface area (Å²) in [4.78, 5) is 36.4. The fourth-order valence-electron chi connectivity index (χ4n) is 3.84. The molecule has 2 atom stereocenters. The van der Waals surface area contributed by atoms with Crippen molar-refractivity contribution in [1.82, 2.24) is 10.6 Å². The second kappa shape index (κ2) is 9.47. The van der Waals surface area contributed by atoms with Crippen molar-refractivity contribution in [2.45, 2.75) is 70.2 Å². The van der Waals surface area contributed by atoms with Crippen LogP contribution in [-0.2, 0) is 19.1 Å². The first-order valence-corrected chi connectivity index (χ1v) is 10.0. The summed E-state index contributed by atoms with van der Waals surface area (Å²) in [6, 6.07) is 8.45. The highest BCUT2D eigenvalue weighted by molar-refractivity contribution is 5.77. The second-order valence-electron chi connectivity index (χ2n) is 8.83. The molecule has 0 saturated heterocycles. The number of hydrogen-bond acceptors (Lipinski definition) is 6. The standard InChI is InChI=1S/C22H32N2O6/c1-14(25)23-18(11-17(26)15-9-7-6-8-10-15)22(12-16(13-22)19(27)29-5)24-20(28)30-21(2,3)4/h6-10,16-18,26H,11-13H2,1-5H3,(H,23,25)(H,24,28). The van der Waals surface area contributed by atoms with E-state index >= 15 is 0 Å². The molecule has 0 aromatic heterocycles. The Bertz CT molecular complexity index is 753. The highest BCUT2D eigenvalue weighted by Crippen LogP contribution is 2.43. The summed E-state index contributed by atoms with van der Waals surface area (Å²) in [6.45, 7) is 6.63. The Kier molecular flexibility index (Phi) is 7.47. The van der Waals surface area contributed by atoms with Crippen LogP contribution in [0.2, 0.25) is 0 Å². The molecular weight excluding hydrogens is 388 g/mol. The topological polar surface area (TPSA) is 114 Å². The van der Waals surface area contributed by atoms with Crippen LogP contribution in [0.1, 0.15) is 58.6 Å². The smallest absolute Gasteiger partial charge is 0.408 e. The summed E-state index contributed by atoms with van der Waals surface area (Å²) in [5.41, 5.74) is -0.948. The largest absolute Gasteiger partial charge is 0.469 e. The molecule has 0 radical (unpaired) electrons. The molecule has 8 nitrogen and oxygen atoms in total. The van der Waals surface area contributed by atoms with Crippen LogP contribution < -0.4 is 10.6 Å². The van der Waals surface area contributed by atoms with E-state index < -0.39 is 35.3 Å². The number of aliphatic hydroxyl groups excluding tert-OH is 1. The van der Waals surface area contributed by atoms with Gasteiger partial charge in [-0.15, -0.1) is 0 Å². The van der Waals surface area contributed by atoms with Crippen molar-refractivity contribution in [1.29, 1.82) is 0 Å². The van der Waals surface area contributed by atoms with Gasteiger partial charge in [-0.2, -0.15) is 0 Å². The summed E-state index contributed by atoms with van der Waals surface area (Å²) < 4.78 is 10.2. The molecule has 3 N–H and O–H groups in total. The van der Waals surface area contributed by atoms with Crippen molar-refractivity contribution >= 4 is 18.0 Å². The van der Waals surface area contributed by atoms with Crippen LogP contribution in [0.15, 0.2) is 30.3 Å². The molecule has 2 unspecified atom stereocenters. The van der Waals surface area contributed by atoms with E-state index in [-0.39, 0.29) is 31.1 Å². The van der Waals surface area contributed by atoms with Crippen molar-refractivity contribution in [3.8, 4) is 0 Å². The van der Waals surface area contributed by atoms with E-state index in [1.165, 1.54) is 14.0 Å². The van der Waals surface area contributed by atoms with E-state index in [9.17, 15) is 19.5 Å². The minimum atomic E-state index is -0.942. The molecule has 166 valence electrons. The number of alkyl carbamates (subject to hydrolysis) is 1. The Morgan fingerprint density at radius 1 is 1.20 bits per heavy atom. The van der Waals surface area contributed by atoms with Crippen LogP contribution in [0.5, 0.6) is 0 Å². The molecule has 1 aliphatic carbocycles. The first-order chi connectivity index (χ1) is 14.0. The zero-order chi connectivity index (χ0) is 22.5. The lowest BCUT2D eigenvalue weighted by atomic mass is 9.63. The Hall–Kier alpha value is -2.61. The van der Waals surface area contributed by atoms with Gasteiger partial charge < -0.3 is 25.2 Å².